The molecule has 2 aliphatic rings. The Morgan fingerprint density at radius 1 is 1.05 bits per heavy atom. The predicted molar refractivity (Wildman–Crippen MR) is 143 cm³/mol. The van der Waals surface area contributed by atoms with Crippen LogP contribution in [0.3, 0.4) is 0 Å². The number of nitrogens with one attached hydrogen (secondary N) is 1. The topological polar surface area (TPSA) is 87.5 Å². The summed E-state index contributed by atoms with van der Waals surface area (Å²) >= 11 is 0. The Morgan fingerprint density at radius 2 is 1.74 bits per heavy atom. The Kier molecular flexibility index (Phi) is 7.74. The van der Waals surface area contributed by atoms with Crippen molar-refractivity contribution < 1.29 is 18.7 Å². The van der Waals surface area contributed by atoms with Crippen LogP contribution in [0.1, 0.15) is 55.8 Å². The van der Waals surface area contributed by atoms with Gasteiger partial charge in [0, 0.05) is 44.0 Å². The van der Waals surface area contributed by atoms with E-state index in [1.165, 1.54) is 16.7 Å². The van der Waals surface area contributed by atoms with E-state index in [9.17, 15) is 23.5 Å². The van der Waals surface area contributed by atoms with Crippen molar-refractivity contribution in [1.29, 1.82) is 0 Å². The molecule has 5 rings (SSSR count). The summed E-state index contributed by atoms with van der Waals surface area (Å²) in [5.41, 5.74) is 0.683. The third kappa shape index (κ3) is 5.57. The maximum absolute atomic E-state index is 13.6. The van der Waals surface area contributed by atoms with Crippen LogP contribution in [0, 0.1) is 11.7 Å². The Balaban J connectivity index is 1.53. The van der Waals surface area contributed by atoms with Crippen LogP contribution in [-0.2, 0) is 6.54 Å². The Labute approximate surface area is 220 Å². The van der Waals surface area contributed by atoms with E-state index in [1.54, 1.807) is 24.4 Å². The van der Waals surface area contributed by atoms with Gasteiger partial charge in [-0.3, -0.25) is 14.2 Å². The van der Waals surface area contributed by atoms with Gasteiger partial charge in [-0.25, -0.2) is 13.8 Å². The van der Waals surface area contributed by atoms with Gasteiger partial charge in [-0.05, 0) is 68.2 Å². The highest BCUT2D eigenvalue weighted by atomic mass is 19.1. The lowest BCUT2D eigenvalue weighted by Crippen LogP contribution is -2.42. The van der Waals surface area contributed by atoms with Crippen molar-refractivity contribution in [3.05, 3.63) is 58.3 Å². The van der Waals surface area contributed by atoms with E-state index in [0.29, 0.717) is 49.5 Å². The highest BCUT2D eigenvalue weighted by molar-refractivity contribution is 6.02. The third-order valence-electron chi connectivity index (χ3n) is 7.99. The van der Waals surface area contributed by atoms with E-state index in [1.807, 2.05) is 0 Å². The first-order chi connectivity index (χ1) is 18.3. The number of pyridine rings is 2. The summed E-state index contributed by atoms with van der Waals surface area (Å²) in [6, 6.07) is 7.52. The summed E-state index contributed by atoms with van der Waals surface area (Å²) in [7, 11) is 0. The second-order valence-corrected chi connectivity index (χ2v) is 10.7. The molecule has 0 unspecified atom stereocenters. The van der Waals surface area contributed by atoms with Crippen molar-refractivity contribution in [2.75, 3.05) is 19.6 Å². The van der Waals surface area contributed by atoms with E-state index in [4.69, 9.17) is 0 Å². The van der Waals surface area contributed by atoms with Gasteiger partial charge < -0.3 is 15.3 Å². The van der Waals surface area contributed by atoms with Gasteiger partial charge in [-0.2, -0.15) is 0 Å². The van der Waals surface area contributed by atoms with Gasteiger partial charge in [0.15, 0.2) is 0 Å². The van der Waals surface area contributed by atoms with E-state index in [0.717, 1.165) is 25.7 Å². The van der Waals surface area contributed by atoms with Crippen LogP contribution in [-0.4, -0.2) is 57.3 Å². The lowest BCUT2D eigenvalue weighted by atomic mass is 9.87. The van der Waals surface area contributed by atoms with Gasteiger partial charge in [0.25, 0.3) is 11.5 Å². The summed E-state index contributed by atoms with van der Waals surface area (Å²) in [6.07, 6.45) is 5.34. The van der Waals surface area contributed by atoms with Crippen LogP contribution in [0.2, 0.25) is 0 Å². The van der Waals surface area contributed by atoms with E-state index < -0.39 is 23.4 Å². The molecule has 202 valence electrons. The second-order valence-electron chi connectivity index (χ2n) is 10.7. The van der Waals surface area contributed by atoms with Gasteiger partial charge in [-0.1, -0.05) is 19.1 Å². The third-order valence-corrected chi connectivity index (χ3v) is 7.99. The standard InChI is InChI=1S/C29H34F2N4O3/c1-18-2-8-23(9-3-18)33-28(37)25-26(36)24-16-20(19-4-6-21(30)7-5-19)17-32-27(24)35(29(25)38)15-14-34-12-10-22(31)11-13-34/h4-7,16-18,22-23,36H,2-3,8-15H2,1H3,(H,33,37)/t18-,23+. The number of piperidine rings is 1. The number of halogens is 2. The average molecular weight is 525 g/mol. The summed E-state index contributed by atoms with van der Waals surface area (Å²) in [5.74, 6) is -0.759. The number of fused-ring (bicyclic) bond motifs is 1. The number of carbonyl (C=O) groups excluding carboxylic acids is 1. The molecule has 1 aliphatic carbocycles. The summed E-state index contributed by atoms with van der Waals surface area (Å²) in [6.45, 7) is 4.13. The molecular formula is C29H34F2N4O3. The van der Waals surface area contributed by atoms with Gasteiger partial charge in [0.1, 0.15) is 28.9 Å². The summed E-state index contributed by atoms with van der Waals surface area (Å²) in [5, 5.41) is 14.5. The Morgan fingerprint density at radius 3 is 2.42 bits per heavy atom. The molecule has 0 bridgehead atoms. The minimum absolute atomic E-state index is 0.0488. The average Bonchev–Trinajstić information content (AvgIpc) is 2.91. The number of aromatic hydroxyl groups is 1. The maximum atomic E-state index is 13.6. The van der Waals surface area contributed by atoms with Crippen molar-refractivity contribution in [1.82, 2.24) is 19.8 Å². The Bertz CT molecular complexity index is 1360. The molecular weight excluding hydrogens is 490 g/mol. The molecule has 7 nitrogen and oxygen atoms in total. The minimum atomic E-state index is -0.798. The number of alkyl halides is 1. The lowest BCUT2D eigenvalue weighted by Gasteiger charge is -2.29. The van der Waals surface area contributed by atoms with Crippen LogP contribution >= 0.6 is 0 Å². The molecule has 9 heteroatoms. The van der Waals surface area contributed by atoms with E-state index >= 15 is 0 Å². The minimum Gasteiger partial charge on any atom is -0.506 e. The molecule has 0 atom stereocenters. The molecule has 0 spiro atoms. The molecule has 3 heterocycles. The zero-order valence-corrected chi connectivity index (χ0v) is 21.6. The van der Waals surface area contributed by atoms with Crippen molar-refractivity contribution in [2.24, 2.45) is 5.92 Å². The molecule has 2 aromatic heterocycles. The number of rotatable bonds is 6. The smallest absolute Gasteiger partial charge is 0.268 e. The van der Waals surface area contributed by atoms with Crippen molar-refractivity contribution in [3.8, 4) is 16.9 Å². The number of amides is 1. The number of hydrogen-bond donors (Lipinski definition) is 2. The second kappa shape index (κ2) is 11.2. The van der Waals surface area contributed by atoms with Crippen molar-refractivity contribution >= 4 is 16.9 Å². The van der Waals surface area contributed by atoms with E-state index in [-0.39, 0.29) is 35.0 Å². The molecule has 1 aromatic carbocycles. The molecule has 1 saturated heterocycles. The molecule has 1 aliphatic heterocycles. The molecule has 2 fully saturated rings. The van der Waals surface area contributed by atoms with Crippen LogP contribution in [0.25, 0.3) is 22.2 Å². The lowest BCUT2D eigenvalue weighted by molar-refractivity contribution is 0.0918. The number of likely N-dealkylation sites (tertiary alicyclic amines) is 1. The fraction of sp³-hybridized carbons (Fsp3) is 0.483. The van der Waals surface area contributed by atoms with Crippen LogP contribution < -0.4 is 10.9 Å². The van der Waals surface area contributed by atoms with Gasteiger partial charge in [-0.15, -0.1) is 0 Å². The first-order valence-electron chi connectivity index (χ1n) is 13.5. The number of hydrogen-bond acceptors (Lipinski definition) is 5. The first kappa shape index (κ1) is 26.3. The van der Waals surface area contributed by atoms with Gasteiger partial charge in [0.2, 0.25) is 0 Å². The van der Waals surface area contributed by atoms with Crippen LogP contribution in [0.5, 0.6) is 5.75 Å². The van der Waals surface area contributed by atoms with Crippen molar-refractivity contribution in [2.45, 2.75) is 64.2 Å². The molecule has 0 radical (unpaired) electrons. The fourth-order valence-corrected chi connectivity index (χ4v) is 5.55. The largest absolute Gasteiger partial charge is 0.506 e. The maximum Gasteiger partial charge on any atom is 0.268 e. The van der Waals surface area contributed by atoms with Crippen molar-refractivity contribution in [3.63, 3.8) is 0 Å². The number of carbonyl (C=O) groups is 1. The SMILES string of the molecule is C[C@H]1CC[C@@H](NC(=O)c2c(O)c3cc(-c4ccc(F)cc4)cnc3n(CCN3CCC(F)CC3)c2=O)CC1. The molecule has 38 heavy (non-hydrogen) atoms. The molecule has 2 N–H and O–H groups in total. The molecule has 1 saturated carbocycles. The number of aromatic nitrogens is 2. The molecule has 1 amide bonds. The normalized spacial score (nSPS) is 21.0. The summed E-state index contributed by atoms with van der Waals surface area (Å²) < 4.78 is 28.5. The quantitative estimate of drug-likeness (QED) is 0.490. The zero-order chi connectivity index (χ0) is 26.8. The Hall–Kier alpha value is -3.33. The van der Waals surface area contributed by atoms with Crippen LogP contribution in [0.15, 0.2) is 41.3 Å². The first-order valence-corrected chi connectivity index (χ1v) is 13.5. The monoisotopic (exact) mass is 524 g/mol. The zero-order valence-electron chi connectivity index (χ0n) is 21.6. The molecule has 3 aromatic rings. The van der Waals surface area contributed by atoms with Gasteiger partial charge in [0.05, 0.1) is 5.39 Å². The summed E-state index contributed by atoms with van der Waals surface area (Å²) in [4.78, 5) is 33.6. The number of benzene rings is 1. The highest BCUT2D eigenvalue weighted by Crippen LogP contribution is 2.31. The highest BCUT2D eigenvalue weighted by Gasteiger charge is 2.27. The van der Waals surface area contributed by atoms with E-state index in [2.05, 4.69) is 22.1 Å². The van der Waals surface area contributed by atoms with Gasteiger partial charge >= 0.3 is 0 Å². The predicted octanol–water partition coefficient (Wildman–Crippen LogP) is 4.65. The number of nitrogens with zero attached hydrogens (tertiary/aromatic N) is 3. The van der Waals surface area contributed by atoms with Crippen LogP contribution in [0.4, 0.5) is 8.78 Å². The fourth-order valence-electron chi connectivity index (χ4n) is 5.55.